The maximum absolute atomic E-state index is 12.3. The van der Waals surface area contributed by atoms with E-state index in [4.69, 9.17) is 20.5 Å². The summed E-state index contributed by atoms with van der Waals surface area (Å²) in [5.74, 6) is 0.225. The number of fused-ring (bicyclic) bond motifs is 1. The normalized spacial score (nSPS) is 15.4. The van der Waals surface area contributed by atoms with Crippen molar-refractivity contribution in [1.82, 2.24) is 0 Å². The molecule has 0 fully saturated rings. The van der Waals surface area contributed by atoms with E-state index in [9.17, 15) is 13.2 Å². The van der Waals surface area contributed by atoms with Gasteiger partial charge in [-0.3, -0.25) is 4.79 Å². The third-order valence-corrected chi connectivity index (χ3v) is 3.80. The Kier molecular flexibility index (Phi) is 3.87. The van der Waals surface area contributed by atoms with Crippen LogP contribution >= 0.6 is 11.6 Å². The molecule has 0 radical (unpaired) electrons. The van der Waals surface area contributed by atoms with Crippen molar-refractivity contribution in [1.29, 1.82) is 0 Å². The van der Waals surface area contributed by atoms with E-state index in [1.807, 2.05) is 0 Å². The molecular weight excluding hydrogens is 340 g/mol. The largest absolute Gasteiger partial charge is 0.452 e. The fraction of sp³-hybridized carbons (Fsp3) is 0.0625. The molecule has 5 nitrogen and oxygen atoms in total. The number of carbonyl (C=O) groups is 1. The topological polar surface area (TPSA) is 69.7 Å². The summed E-state index contributed by atoms with van der Waals surface area (Å²) in [6.45, 7) is 0. The Labute approximate surface area is 138 Å². The highest BCUT2D eigenvalue weighted by atomic mass is 35.5. The highest BCUT2D eigenvalue weighted by molar-refractivity contribution is 7.86. The van der Waals surface area contributed by atoms with Crippen molar-refractivity contribution < 1.29 is 22.1 Å². The molecule has 3 rings (SSSR count). The van der Waals surface area contributed by atoms with Gasteiger partial charge in [0.1, 0.15) is 11.5 Å². The minimum atomic E-state index is -3.64. The fourth-order valence-corrected chi connectivity index (χ4v) is 2.68. The Hall–Kier alpha value is -2.31. The number of benzene rings is 2. The molecule has 1 heterocycles. The number of carbonyl (C=O) groups excluding carboxylic acids is 1. The van der Waals surface area contributed by atoms with Gasteiger partial charge in [0.15, 0.2) is 5.76 Å². The SMILES string of the molecule is CS(=O)(=O)Oc1ccc2c(c1)O/C(=C\c1ccc(Cl)cc1)C2=O. The molecule has 0 aromatic heterocycles. The first-order valence-electron chi connectivity index (χ1n) is 6.55. The van der Waals surface area contributed by atoms with Gasteiger partial charge in [-0.25, -0.2) is 0 Å². The molecule has 0 amide bonds. The molecule has 0 N–H and O–H groups in total. The summed E-state index contributed by atoms with van der Waals surface area (Å²) in [5, 5.41) is 0.594. The second-order valence-electron chi connectivity index (χ2n) is 4.94. The van der Waals surface area contributed by atoms with Crippen LogP contribution in [-0.2, 0) is 10.1 Å². The number of ether oxygens (including phenoxy) is 1. The summed E-state index contributed by atoms with van der Waals surface area (Å²) < 4.78 is 32.6. The maximum atomic E-state index is 12.3. The van der Waals surface area contributed by atoms with Crippen molar-refractivity contribution in [2.75, 3.05) is 6.26 Å². The zero-order chi connectivity index (χ0) is 16.6. The van der Waals surface area contributed by atoms with Crippen molar-refractivity contribution in [2.24, 2.45) is 0 Å². The van der Waals surface area contributed by atoms with Crippen LogP contribution in [0.15, 0.2) is 48.2 Å². The quantitative estimate of drug-likeness (QED) is 0.627. The van der Waals surface area contributed by atoms with Gasteiger partial charge in [-0.1, -0.05) is 23.7 Å². The maximum Gasteiger partial charge on any atom is 0.306 e. The molecule has 1 aliphatic heterocycles. The third kappa shape index (κ3) is 3.55. The Morgan fingerprint density at radius 2 is 1.83 bits per heavy atom. The number of rotatable bonds is 3. The predicted molar refractivity (Wildman–Crippen MR) is 86.3 cm³/mol. The second-order valence-corrected chi connectivity index (χ2v) is 6.95. The molecule has 7 heteroatoms. The predicted octanol–water partition coefficient (Wildman–Crippen LogP) is 3.29. The molecule has 0 saturated carbocycles. The van der Waals surface area contributed by atoms with Crippen LogP contribution in [0.25, 0.3) is 6.08 Å². The standard InChI is InChI=1S/C16H11ClO5S/c1-23(19,20)22-12-6-7-13-14(9-12)21-15(16(13)18)8-10-2-4-11(17)5-3-10/h2-9H,1H3/b15-8-. The molecule has 23 heavy (non-hydrogen) atoms. The van der Waals surface area contributed by atoms with E-state index >= 15 is 0 Å². The van der Waals surface area contributed by atoms with E-state index in [1.54, 1.807) is 30.3 Å². The fourth-order valence-electron chi connectivity index (χ4n) is 2.10. The van der Waals surface area contributed by atoms with Crippen molar-refractivity contribution in [3.05, 3.63) is 64.4 Å². The average Bonchev–Trinajstić information content (AvgIpc) is 2.76. The number of Topliss-reactive ketones (excluding diaryl/α,β-unsaturated/α-hetero) is 1. The average molecular weight is 351 g/mol. The van der Waals surface area contributed by atoms with Crippen LogP contribution < -0.4 is 8.92 Å². The summed E-state index contributed by atoms with van der Waals surface area (Å²) in [6, 6.07) is 11.2. The van der Waals surface area contributed by atoms with E-state index in [0.717, 1.165) is 11.8 Å². The van der Waals surface area contributed by atoms with Crippen LogP contribution in [0.5, 0.6) is 11.5 Å². The van der Waals surface area contributed by atoms with Gasteiger partial charge in [-0.15, -0.1) is 0 Å². The minimum Gasteiger partial charge on any atom is -0.452 e. The molecular formula is C16H11ClO5S. The molecule has 0 spiro atoms. The second kappa shape index (κ2) is 5.72. The van der Waals surface area contributed by atoms with Crippen LogP contribution in [0.1, 0.15) is 15.9 Å². The summed E-state index contributed by atoms with van der Waals surface area (Å²) in [5.41, 5.74) is 1.12. The van der Waals surface area contributed by atoms with Crippen LogP contribution in [0, 0.1) is 0 Å². The molecule has 0 bridgehead atoms. The lowest BCUT2D eigenvalue weighted by molar-refractivity contribution is 0.101. The molecule has 0 saturated heterocycles. The number of hydrogen-bond donors (Lipinski definition) is 0. The van der Waals surface area contributed by atoms with Gasteiger partial charge in [-0.05, 0) is 35.9 Å². The smallest absolute Gasteiger partial charge is 0.306 e. The zero-order valence-electron chi connectivity index (χ0n) is 11.9. The summed E-state index contributed by atoms with van der Waals surface area (Å²) in [7, 11) is -3.64. The minimum absolute atomic E-state index is 0.0896. The van der Waals surface area contributed by atoms with Crippen LogP contribution in [0.2, 0.25) is 5.02 Å². The number of halogens is 1. The van der Waals surface area contributed by atoms with E-state index in [-0.39, 0.29) is 23.0 Å². The van der Waals surface area contributed by atoms with Crippen LogP contribution in [-0.4, -0.2) is 20.5 Å². The van der Waals surface area contributed by atoms with Crippen molar-refractivity contribution >= 4 is 33.6 Å². The molecule has 118 valence electrons. The summed E-state index contributed by atoms with van der Waals surface area (Å²) in [6.07, 6.45) is 2.54. The Bertz CT molecular complexity index is 914. The van der Waals surface area contributed by atoms with Crippen molar-refractivity contribution in [3.8, 4) is 11.5 Å². The van der Waals surface area contributed by atoms with Gasteiger partial charge in [0, 0.05) is 11.1 Å². The molecule has 0 aliphatic carbocycles. The lowest BCUT2D eigenvalue weighted by atomic mass is 10.1. The van der Waals surface area contributed by atoms with E-state index < -0.39 is 10.1 Å². The molecule has 2 aromatic rings. The monoisotopic (exact) mass is 350 g/mol. The Balaban J connectivity index is 1.91. The molecule has 0 unspecified atom stereocenters. The van der Waals surface area contributed by atoms with Crippen LogP contribution in [0.3, 0.4) is 0 Å². The summed E-state index contributed by atoms with van der Waals surface area (Å²) >= 11 is 5.82. The number of allylic oxidation sites excluding steroid dienone is 1. The van der Waals surface area contributed by atoms with Gasteiger partial charge in [0.05, 0.1) is 11.8 Å². The van der Waals surface area contributed by atoms with Gasteiger partial charge in [0.25, 0.3) is 0 Å². The van der Waals surface area contributed by atoms with Crippen molar-refractivity contribution in [2.45, 2.75) is 0 Å². The van der Waals surface area contributed by atoms with Crippen molar-refractivity contribution in [3.63, 3.8) is 0 Å². The van der Waals surface area contributed by atoms with Gasteiger partial charge in [0.2, 0.25) is 5.78 Å². The van der Waals surface area contributed by atoms with E-state index in [1.165, 1.54) is 18.2 Å². The van der Waals surface area contributed by atoms with E-state index in [2.05, 4.69) is 0 Å². The third-order valence-electron chi connectivity index (χ3n) is 3.06. The lowest BCUT2D eigenvalue weighted by Gasteiger charge is -2.03. The zero-order valence-corrected chi connectivity index (χ0v) is 13.5. The number of ketones is 1. The lowest BCUT2D eigenvalue weighted by Crippen LogP contribution is -2.05. The molecule has 0 atom stereocenters. The van der Waals surface area contributed by atoms with Crippen LogP contribution in [0.4, 0.5) is 0 Å². The molecule has 1 aliphatic rings. The first kappa shape index (κ1) is 15.6. The highest BCUT2D eigenvalue weighted by Crippen LogP contribution is 2.35. The number of hydrogen-bond acceptors (Lipinski definition) is 5. The van der Waals surface area contributed by atoms with Gasteiger partial charge in [-0.2, -0.15) is 8.42 Å². The first-order chi connectivity index (χ1) is 10.8. The Morgan fingerprint density at radius 3 is 2.48 bits per heavy atom. The van der Waals surface area contributed by atoms with E-state index in [0.29, 0.717) is 10.6 Å². The molecule has 2 aromatic carbocycles. The first-order valence-corrected chi connectivity index (χ1v) is 8.74. The Morgan fingerprint density at radius 1 is 1.13 bits per heavy atom. The summed E-state index contributed by atoms with van der Waals surface area (Å²) in [4.78, 5) is 12.3. The van der Waals surface area contributed by atoms with Gasteiger partial charge >= 0.3 is 10.1 Å². The van der Waals surface area contributed by atoms with Gasteiger partial charge < -0.3 is 8.92 Å². The highest BCUT2D eigenvalue weighted by Gasteiger charge is 2.28.